The lowest BCUT2D eigenvalue weighted by molar-refractivity contribution is 0.100. The minimum atomic E-state index is -0.237. The predicted octanol–water partition coefficient (Wildman–Crippen LogP) is 4.80. The number of carbonyl (C=O) groups excluding carboxylic acids is 1. The van der Waals surface area contributed by atoms with Crippen molar-refractivity contribution in [2.75, 3.05) is 0 Å². The van der Waals surface area contributed by atoms with E-state index in [0.717, 1.165) is 21.6 Å². The van der Waals surface area contributed by atoms with Gasteiger partial charge in [0.15, 0.2) is 4.80 Å². The molecule has 2 aromatic heterocycles. The summed E-state index contributed by atoms with van der Waals surface area (Å²) >= 11 is 8.69. The van der Waals surface area contributed by atoms with Gasteiger partial charge in [0.25, 0.3) is 5.91 Å². The maximum absolute atomic E-state index is 12.3. The Bertz CT molecular complexity index is 933. The van der Waals surface area contributed by atoms with Crippen molar-refractivity contribution in [2.45, 2.75) is 27.3 Å². The second-order valence-electron chi connectivity index (χ2n) is 5.05. The van der Waals surface area contributed by atoms with E-state index in [2.05, 4.69) is 42.5 Å². The van der Waals surface area contributed by atoms with E-state index < -0.39 is 0 Å². The number of carbonyl (C=O) groups is 1. The number of nitrogens with zero attached hydrogens (tertiary/aromatic N) is 2. The molecule has 6 heteroatoms. The molecular formula is C16H15ClN2OS2. The van der Waals surface area contributed by atoms with Crippen LogP contribution in [0.3, 0.4) is 0 Å². The summed E-state index contributed by atoms with van der Waals surface area (Å²) in [6, 6.07) is 7.76. The molecule has 0 unspecified atom stereocenters. The number of aromatic nitrogens is 1. The smallest absolute Gasteiger partial charge is 0.289 e. The van der Waals surface area contributed by atoms with Gasteiger partial charge < -0.3 is 4.57 Å². The summed E-state index contributed by atoms with van der Waals surface area (Å²) in [5, 5.41) is 0. The van der Waals surface area contributed by atoms with Gasteiger partial charge in [0, 0.05) is 6.54 Å². The number of rotatable bonds is 2. The molecule has 0 spiro atoms. The van der Waals surface area contributed by atoms with Crippen LogP contribution in [0.25, 0.3) is 10.2 Å². The topological polar surface area (TPSA) is 34.4 Å². The summed E-state index contributed by atoms with van der Waals surface area (Å²) in [7, 11) is 0. The van der Waals surface area contributed by atoms with Crippen molar-refractivity contribution in [3.05, 3.63) is 49.4 Å². The van der Waals surface area contributed by atoms with Gasteiger partial charge in [0.1, 0.15) is 0 Å². The zero-order chi connectivity index (χ0) is 15.9. The first-order valence-corrected chi connectivity index (χ1v) is 8.95. The molecule has 0 radical (unpaired) electrons. The van der Waals surface area contributed by atoms with E-state index in [-0.39, 0.29) is 5.91 Å². The Balaban J connectivity index is 2.17. The molecule has 0 N–H and O–H groups in total. The van der Waals surface area contributed by atoms with Crippen LogP contribution in [0, 0.1) is 13.8 Å². The van der Waals surface area contributed by atoms with E-state index in [0.29, 0.717) is 9.21 Å². The van der Waals surface area contributed by atoms with Gasteiger partial charge in [-0.15, -0.1) is 11.3 Å². The number of aryl methyl sites for hydroxylation is 3. The van der Waals surface area contributed by atoms with Crippen molar-refractivity contribution in [3.8, 4) is 0 Å². The van der Waals surface area contributed by atoms with Crippen molar-refractivity contribution in [1.82, 2.24) is 4.57 Å². The number of fused-ring (bicyclic) bond motifs is 1. The first kappa shape index (κ1) is 15.5. The van der Waals surface area contributed by atoms with Gasteiger partial charge in [-0.05, 0) is 56.2 Å². The fourth-order valence-corrected chi connectivity index (χ4v) is 4.38. The molecule has 22 heavy (non-hydrogen) atoms. The third kappa shape index (κ3) is 2.76. The molecule has 0 aliphatic heterocycles. The highest BCUT2D eigenvalue weighted by Crippen LogP contribution is 2.23. The Hall–Kier alpha value is -1.43. The molecule has 0 saturated heterocycles. The zero-order valence-electron chi connectivity index (χ0n) is 12.5. The van der Waals surface area contributed by atoms with Crippen LogP contribution in [-0.2, 0) is 6.54 Å². The van der Waals surface area contributed by atoms with Crippen molar-refractivity contribution in [3.63, 3.8) is 0 Å². The van der Waals surface area contributed by atoms with Gasteiger partial charge in [0.05, 0.1) is 19.4 Å². The number of halogens is 1. The molecule has 3 rings (SSSR count). The third-order valence-electron chi connectivity index (χ3n) is 3.60. The summed E-state index contributed by atoms with van der Waals surface area (Å²) in [4.78, 5) is 17.9. The maximum Gasteiger partial charge on any atom is 0.289 e. The lowest BCUT2D eigenvalue weighted by atomic mass is 10.1. The molecule has 2 heterocycles. The van der Waals surface area contributed by atoms with Crippen LogP contribution in [-0.4, -0.2) is 10.5 Å². The molecular weight excluding hydrogens is 336 g/mol. The van der Waals surface area contributed by atoms with Crippen molar-refractivity contribution in [2.24, 2.45) is 4.99 Å². The van der Waals surface area contributed by atoms with Crippen molar-refractivity contribution in [1.29, 1.82) is 0 Å². The van der Waals surface area contributed by atoms with Crippen LogP contribution in [0.4, 0.5) is 0 Å². The molecule has 114 valence electrons. The molecule has 0 aliphatic rings. The molecule has 3 nitrogen and oxygen atoms in total. The lowest BCUT2D eigenvalue weighted by Gasteiger charge is -2.03. The van der Waals surface area contributed by atoms with E-state index in [9.17, 15) is 4.79 Å². The van der Waals surface area contributed by atoms with Gasteiger partial charge in [0.2, 0.25) is 0 Å². The highest BCUT2D eigenvalue weighted by molar-refractivity contribution is 7.18. The monoisotopic (exact) mass is 350 g/mol. The second kappa shape index (κ2) is 5.99. The SMILES string of the molecule is CCn1c(=NC(=O)c2ccc(Cl)s2)sc2cc(C)c(C)cc21. The van der Waals surface area contributed by atoms with Gasteiger partial charge in [-0.1, -0.05) is 22.9 Å². The van der Waals surface area contributed by atoms with E-state index >= 15 is 0 Å². The average molecular weight is 351 g/mol. The van der Waals surface area contributed by atoms with Gasteiger partial charge in [-0.25, -0.2) is 0 Å². The fourth-order valence-electron chi connectivity index (χ4n) is 2.28. The number of amides is 1. The molecule has 0 saturated carbocycles. The van der Waals surface area contributed by atoms with Gasteiger partial charge >= 0.3 is 0 Å². The highest BCUT2D eigenvalue weighted by atomic mass is 35.5. The third-order valence-corrected chi connectivity index (χ3v) is 5.86. The Labute approximate surface area is 141 Å². The first-order chi connectivity index (χ1) is 10.5. The number of thiophene rings is 1. The highest BCUT2D eigenvalue weighted by Gasteiger charge is 2.11. The largest absolute Gasteiger partial charge is 0.317 e. The normalized spacial score (nSPS) is 12.3. The molecule has 1 aromatic carbocycles. The van der Waals surface area contributed by atoms with Crippen molar-refractivity contribution >= 4 is 50.4 Å². The van der Waals surface area contributed by atoms with Crippen LogP contribution in [0.2, 0.25) is 4.34 Å². The summed E-state index contributed by atoms with van der Waals surface area (Å²) in [6.07, 6.45) is 0. The molecule has 0 atom stereocenters. The number of thiazole rings is 1. The molecule has 0 fully saturated rings. The van der Waals surface area contributed by atoms with Crippen LogP contribution >= 0.6 is 34.3 Å². The summed E-state index contributed by atoms with van der Waals surface area (Å²) in [5.74, 6) is -0.237. The van der Waals surface area contributed by atoms with Gasteiger partial charge in [-0.3, -0.25) is 4.79 Å². The zero-order valence-corrected chi connectivity index (χ0v) is 14.9. The molecule has 3 aromatic rings. The standard InChI is InChI=1S/C16H15ClN2OS2/c1-4-19-11-7-9(2)10(3)8-13(11)22-16(19)18-15(20)12-5-6-14(17)21-12/h5-8H,4H2,1-3H3. The average Bonchev–Trinajstić information content (AvgIpc) is 3.03. The van der Waals surface area contributed by atoms with Crippen molar-refractivity contribution < 1.29 is 4.79 Å². The lowest BCUT2D eigenvalue weighted by Crippen LogP contribution is -2.15. The molecule has 1 amide bonds. The predicted molar refractivity (Wildman–Crippen MR) is 94.2 cm³/mol. The van der Waals surface area contributed by atoms with E-state index in [1.54, 1.807) is 23.5 Å². The summed E-state index contributed by atoms with van der Waals surface area (Å²) < 4.78 is 3.84. The Morgan fingerprint density at radius 2 is 1.95 bits per heavy atom. The minimum Gasteiger partial charge on any atom is -0.317 e. The number of hydrogen-bond donors (Lipinski definition) is 0. The van der Waals surface area contributed by atoms with E-state index in [1.165, 1.54) is 22.5 Å². The van der Waals surface area contributed by atoms with Crippen LogP contribution < -0.4 is 4.80 Å². The number of benzene rings is 1. The fraction of sp³-hybridized carbons (Fsp3) is 0.250. The first-order valence-electron chi connectivity index (χ1n) is 6.94. The molecule has 0 aliphatic carbocycles. The molecule has 0 bridgehead atoms. The Kier molecular flexibility index (Phi) is 4.21. The van der Waals surface area contributed by atoms with E-state index in [4.69, 9.17) is 11.6 Å². The quantitative estimate of drug-likeness (QED) is 0.654. The number of hydrogen-bond acceptors (Lipinski definition) is 3. The summed E-state index contributed by atoms with van der Waals surface area (Å²) in [6.45, 7) is 7.04. The van der Waals surface area contributed by atoms with Crippen LogP contribution in [0.15, 0.2) is 29.3 Å². The van der Waals surface area contributed by atoms with Crippen LogP contribution in [0.5, 0.6) is 0 Å². The van der Waals surface area contributed by atoms with E-state index in [1.807, 2.05) is 0 Å². The maximum atomic E-state index is 12.3. The Morgan fingerprint density at radius 3 is 2.59 bits per heavy atom. The summed E-state index contributed by atoms with van der Waals surface area (Å²) in [5.41, 5.74) is 3.63. The minimum absolute atomic E-state index is 0.237. The Morgan fingerprint density at radius 1 is 1.23 bits per heavy atom. The van der Waals surface area contributed by atoms with Gasteiger partial charge in [-0.2, -0.15) is 4.99 Å². The second-order valence-corrected chi connectivity index (χ2v) is 7.78. The van der Waals surface area contributed by atoms with Crippen LogP contribution in [0.1, 0.15) is 27.7 Å².